The highest BCUT2D eigenvalue weighted by Gasteiger charge is 2.70. The maximum absolute atomic E-state index is 13.9. The van der Waals surface area contributed by atoms with E-state index in [-0.39, 0.29) is 44.4 Å². The minimum absolute atomic E-state index is 0.0552. The van der Waals surface area contributed by atoms with E-state index in [1.807, 2.05) is 0 Å². The summed E-state index contributed by atoms with van der Waals surface area (Å²) in [4.78, 5) is 27.0. The lowest BCUT2D eigenvalue weighted by Crippen LogP contribution is -2.65. The first kappa shape index (κ1) is 28.9. The van der Waals surface area contributed by atoms with E-state index in [0.717, 1.165) is 70.6 Å². The Balaban J connectivity index is 1.59. The molecule has 4 heteroatoms. The number of carbonyl (C=O) groups excluding carboxylic acids is 2. The summed E-state index contributed by atoms with van der Waals surface area (Å²) in [6, 6.07) is 0. The van der Waals surface area contributed by atoms with Crippen LogP contribution in [0.15, 0.2) is 10.1 Å². The van der Waals surface area contributed by atoms with Crippen molar-refractivity contribution in [2.24, 2.45) is 50.2 Å². The van der Waals surface area contributed by atoms with E-state index >= 15 is 0 Å². The molecule has 0 spiro atoms. The van der Waals surface area contributed by atoms with Gasteiger partial charge in [-0.25, -0.2) is 0 Å². The molecule has 0 aromatic carbocycles. The van der Waals surface area contributed by atoms with Crippen molar-refractivity contribution >= 4 is 27.7 Å². The number of hydrogen-bond acceptors (Lipinski definition) is 3. The predicted molar refractivity (Wildman–Crippen MR) is 158 cm³/mol. The Morgan fingerprint density at radius 3 is 2.32 bits per heavy atom. The zero-order valence-electron chi connectivity index (χ0n) is 25.5. The highest BCUT2D eigenvalue weighted by Crippen LogP contribution is 2.77. The number of unbranched alkanes of at least 4 members (excludes halogenated alkanes) is 1. The lowest BCUT2D eigenvalue weighted by atomic mass is 9.33. The molecule has 5 rings (SSSR count). The summed E-state index contributed by atoms with van der Waals surface area (Å²) >= 11 is 4.23. The molecule has 0 bridgehead atoms. The summed E-state index contributed by atoms with van der Waals surface area (Å²) in [7, 11) is 0. The zero-order chi connectivity index (χ0) is 27.9. The molecule has 0 aromatic rings. The summed E-state index contributed by atoms with van der Waals surface area (Å²) in [5.41, 5.74) is 1.57. The fraction of sp³-hybridized carbons (Fsp3) is 0.882. The highest BCUT2D eigenvalue weighted by atomic mass is 79.9. The molecule has 0 heterocycles. The average Bonchev–Trinajstić information content (AvgIpc) is 2.83. The van der Waals surface area contributed by atoms with Crippen LogP contribution in [-0.4, -0.2) is 18.4 Å². The third kappa shape index (κ3) is 3.83. The molecule has 0 radical (unpaired) electrons. The van der Waals surface area contributed by atoms with Gasteiger partial charge < -0.3 is 4.74 Å². The lowest BCUT2D eigenvalue weighted by molar-refractivity contribution is -0.191. The van der Waals surface area contributed by atoms with Crippen molar-refractivity contribution < 1.29 is 14.3 Å². The van der Waals surface area contributed by atoms with E-state index in [1.165, 1.54) is 10.9 Å². The van der Waals surface area contributed by atoms with Crippen LogP contribution in [0.2, 0.25) is 0 Å². The van der Waals surface area contributed by atoms with Gasteiger partial charge >= 0.3 is 5.97 Å². The molecule has 1 unspecified atom stereocenters. The van der Waals surface area contributed by atoms with Gasteiger partial charge in [0.05, 0.1) is 12.0 Å². The summed E-state index contributed by atoms with van der Waals surface area (Å²) in [5.74, 6) is 1.79. The van der Waals surface area contributed by atoms with Crippen LogP contribution >= 0.6 is 15.9 Å². The minimum atomic E-state index is -0.374. The number of allylic oxidation sites excluding steroid dienone is 2. The van der Waals surface area contributed by atoms with Crippen LogP contribution in [-0.2, 0) is 14.3 Å². The van der Waals surface area contributed by atoms with Gasteiger partial charge in [0.25, 0.3) is 0 Å². The van der Waals surface area contributed by atoms with E-state index in [4.69, 9.17) is 4.74 Å². The molecular formula is C34H53BrO3. The van der Waals surface area contributed by atoms with Crippen LogP contribution in [0.1, 0.15) is 132 Å². The van der Waals surface area contributed by atoms with Crippen LogP contribution in [0, 0.1) is 50.2 Å². The smallest absolute Gasteiger partial charge is 0.312 e. The number of rotatable bonds is 4. The van der Waals surface area contributed by atoms with Crippen molar-refractivity contribution in [1.29, 1.82) is 0 Å². The maximum Gasteiger partial charge on any atom is 0.312 e. The first-order valence-corrected chi connectivity index (χ1v) is 16.5. The van der Waals surface area contributed by atoms with E-state index in [9.17, 15) is 9.59 Å². The molecule has 4 fully saturated rings. The van der Waals surface area contributed by atoms with Crippen molar-refractivity contribution in [3.63, 3.8) is 0 Å². The van der Waals surface area contributed by atoms with E-state index < -0.39 is 0 Å². The Kier molecular flexibility index (Phi) is 6.98. The van der Waals surface area contributed by atoms with E-state index in [2.05, 4.69) is 71.3 Å². The van der Waals surface area contributed by atoms with Gasteiger partial charge in [0.1, 0.15) is 5.78 Å². The Morgan fingerprint density at radius 2 is 1.63 bits per heavy atom. The molecule has 7 atom stereocenters. The van der Waals surface area contributed by atoms with Gasteiger partial charge in [-0.15, -0.1) is 0 Å². The molecule has 0 saturated heterocycles. The Bertz CT molecular complexity index is 1040. The molecule has 0 aromatic heterocycles. The van der Waals surface area contributed by atoms with Crippen molar-refractivity contribution in [3.8, 4) is 0 Å². The number of ether oxygens (including phenoxy) is 1. The normalized spacial score (nSPS) is 45.4. The van der Waals surface area contributed by atoms with Gasteiger partial charge in [0.15, 0.2) is 0 Å². The summed E-state index contributed by atoms with van der Waals surface area (Å²) in [6.07, 6.45) is 12.2. The van der Waals surface area contributed by atoms with Gasteiger partial charge in [-0.3, -0.25) is 9.59 Å². The zero-order valence-corrected chi connectivity index (χ0v) is 27.1. The van der Waals surface area contributed by atoms with Crippen molar-refractivity contribution in [1.82, 2.24) is 0 Å². The molecule has 3 nitrogen and oxygen atoms in total. The fourth-order valence-electron chi connectivity index (χ4n) is 10.9. The van der Waals surface area contributed by atoms with Crippen LogP contribution in [0.4, 0.5) is 0 Å². The number of ketones is 1. The van der Waals surface area contributed by atoms with E-state index in [0.29, 0.717) is 24.2 Å². The summed E-state index contributed by atoms with van der Waals surface area (Å²) < 4.78 is 7.42. The maximum atomic E-state index is 13.9. The van der Waals surface area contributed by atoms with Gasteiger partial charge in [0.2, 0.25) is 0 Å². The molecule has 5 aliphatic rings. The Morgan fingerprint density at radius 1 is 0.947 bits per heavy atom. The second kappa shape index (κ2) is 9.18. The first-order valence-electron chi connectivity index (χ1n) is 15.7. The topological polar surface area (TPSA) is 43.4 Å². The second-order valence-corrected chi connectivity index (χ2v) is 17.1. The molecule has 0 N–H and O–H groups in total. The number of esters is 1. The molecule has 5 aliphatic carbocycles. The third-order valence-electron chi connectivity index (χ3n) is 13.6. The molecule has 0 aliphatic heterocycles. The van der Waals surface area contributed by atoms with Crippen molar-refractivity contribution in [2.45, 2.75) is 132 Å². The minimum Gasteiger partial charge on any atom is -0.465 e. The fourth-order valence-corrected chi connectivity index (χ4v) is 11.9. The molecule has 38 heavy (non-hydrogen) atoms. The van der Waals surface area contributed by atoms with Crippen molar-refractivity contribution in [2.75, 3.05) is 6.61 Å². The molecule has 214 valence electrons. The number of carbonyl (C=O) groups is 2. The van der Waals surface area contributed by atoms with Crippen LogP contribution in [0.3, 0.4) is 0 Å². The average molecular weight is 590 g/mol. The standard InChI is InChI=1S/C34H53BrO3/c1-9-10-19-38-28(37)34-17-15-29(2,3)21-22(34)27-23(35)20-25-31(6)13-12-26(36)30(4,5)24(31)11-14-32(25,7)33(27,8)16-18-34/h22,24-25H,9-21H2,1-8H3/t22-,24-,25?,31-,32+,33+,34-/m0/s1. The first-order chi connectivity index (χ1) is 17.6. The van der Waals surface area contributed by atoms with Gasteiger partial charge in [0, 0.05) is 11.8 Å². The van der Waals surface area contributed by atoms with Gasteiger partial charge in [-0.05, 0) is 114 Å². The molecular weight excluding hydrogens is 536 g/mol. The predicted octanol–water partition coefficient (Wildman–Crippen LogP) is 9.42. The van der Waals surface area contributed by atoms with Gasteiger partial charge in [-0.2, -0.15) is 0 Å². The Hall–Kier alpha value is -0.640. The van der Waals surface area contributed by atoms with Gasteiger partial charge in [-0.1, -0.05) is 77.7 Å². The van der Waals surface area contributed by atoms with Crippen LogP contribution < -0.4 is 0 Å². The van der Waals surface area contributed by atoms with Crippen LogP contribution in [0.25, 0.3) is 0 Å². The number of fused-ring (bicyclic) bond motifs is 7. The largest absolute Gasteiger partial charge is 0.465 e. The molecule has 4 saturated carbocycles. The SMILES string of the molecule is CCCCOC(=O)[C@]12CCC(C)(C)C[C@H]1C1=C(Br)CC3[C@@]4(C)CCC(=O)C(C)(C)[C@@H]4CC[C@@]3(C)[C@]1(C)CC2. The quantitative estimate of drug-likeness (QED) is 0.242. The Labute approximate surface area is 240 Å². The number of hydrogen-bond donors (Lipinski definition) is 0. The number of halogens is 1. The summed E-state index contributed by atoms with van der Waals surface area (Å²) in [6.45, 7) is 19.7. The highest BCUT2D eigenvalue weighted by molar-refractivity contribution is 9.11. The second-order valence-electron chi connectivity index (χ2n) is 16.1. The molecule has 0 amide bonds. The van der Waals surface area contributed by atoms with E-state index in [1.54, 1.807) is 5.57 Å². The lowest BCUT2D eigenvalue weighted by Gasteiger charge is -2.71. The monoisotopic (exact) mass is 588 g/mol. The summed E-state index contributed by atoms with van der Waals surface area (Å²) in [5, 5.41) is 0. The van der Waals surface area contributed by atoms with Crippen molar-refractivity contribution in [3.05, 3.63) is 10.1 Å². The van der Waals surface area contributed by atoms with Crippen LogP contribution in [0.5, 0.6) is 0 Å². The number of Topliss-reactive ketones (excluding diaryl/α,β-unsaturated/α-hetero) is 1. The third-order valence-corrected chi connectivity index (χ3v) is 14.3.